The van der Waals surface area contributed by atoms with E-state index < -0.39 is 28.0 Å². The number of hydrogen-bond acceptors (Lipinski definition) is 4. The maximum atomic E-state index is 13.7. The van der Waals surface area contributed by atoms with Crippen LogP contribution in [0.25, 0.3) is 5.69 Å². The van der Waals surface area contributed by atoms with Crippen molar-refractivity contribution >= 4 is 21.6 Å². The predicted molar refractivity (Wildman–Crippen MR) is 135 cm³/mol. The molecular weight excluding hydrogens is 464 g/mol. The van der Waals surface area contributed by atoms with E-state index in [2.05, 4.69) is 5.32 Å². The van der Waals surface area contributed by atoms with Crippen LogP contribution in [-0.2, 0) is 28.4 Å². The number of benzene rings is 3. The highest BCUT2D eigenvalue weighted by molar-refractivity contribution is 7.92. The van der Waals surface area contributed by atoms with Crippen LogP contribution >= 0.6 is 0 Å². The standard InChI is InChI=1S/C26H26N4O4S/c1-20-25(26(32)30(28(20)2)22-14-8-4-9-15-22)29(35(33,34)23-16-10-5-11-17-23)19-24(31)27-18-21-12-6-3-7-13-21/h3-17H,18-19H2,1-2H3,(H,27,31). The Bertz CT molecular complexity index is 1480. The zero-order valence-corrected chi connectivity index (χ0v) is 20.3. The lowest BCUT2D eigenvalue weighted by molar-refractivity contribution is -0.119. The van der Waals surface area contributed by atoms with Gasteiger partial charge in [-0.3, -0.25) is 14.3 Å². The predicted octanol–water partition coefficient (Wildman–Crippen LogP) is 3.00. The van der Waals surface area contributed by atoms with Gasteiger partial charge < -0.3 is 5.32 Å². The molecule has 0 saturated carbocycles. The van der Waals surface area contributed by atoms with E-state index in [1.807, 2.05) is 36.4 Å². The van der Waals surface area contributed by atoms with Crippen LogP contribution in [0.2, 0.25) is 0 Å². The molecule has 0 aliphatic rings. The molecule has 0 bridgehead atoms. The third kappa shape index (κ3) is 4.90. The van der Waals surface area contributed by atoms with Crippen LogP contribution in [0.5, 0.6) is 0 Å². The molecule has 0 saturated heterocycles. The zero-order chi connectivity index (χ0) is 25.0. The fraction of sp³-hybridized carbons (Fsp3) is 0.154. The zero-order valence-electron chi connectivity index (χ0n) is 19.5. The molecule has 1 amide bonds. The summed E-state index contributed by atoms with van der Waals surface area (Å²) in [5.74, 6) is -0.526. The lowest BCUT2D eigenvalue weighted by atomic mass is 10.2. The highest BCUT2D eigenvalue weighted by atomic mass is 32.2. The van der Waals surface area contributed by atoms with Crippen molar-refractivity contribution in [3.8, 4) is 5.69 Å². The van der Waals surface area contributed by atoms with E-state index in [0.717, 1.165) is 9.87 Å². The maximum absolute atomic E-state index is 13.7. The van der Waals surface area contributed by atoms with Gasteiger partial charge in [-0.1, -0.05) is 66.7 Å². The Morgan fingerprint density at radius 2 is 1.43 bits per heavy atom. The Hall–Kier alpha value is -4.11. The van der Waals surface area contributed by atoms with Gasteiger partial charge in [0.05, 0.1) is 16.3 Å². The number of anilines is 1. The van der Waals surface area contributed by atoms with E-state index >= 15 is 0 Å². The van der Waals surface area contributed by atoms with Gasteiger partial charge in [0, 0.05) is 13.6 Å². The summed E-state index contributed by atoms with van der Waals surface area (Å²) in [5, 5.41) is 2.75. The average Bonchev–Trinajstić information content (AvgIpc) is 3.10. The van der Waals surface area contributed by atoms with Crippen molar-refractivity contribution in [1.29, 1.82) is 0 Å². The first-order valence-corrected chi connectivity index (χ1v) is 12.5. The Labute approximate surface area is 204 Å². The highest BCUT2D eigenvalue weighted by Gasteiger charge is 2.33. The summed E-state index contributed by atoms with van der Waals surface area (Å²) in [4.78, 5) is 26.5. The molecule has 1 N–H and O–H groups in total. The summed E-state index contributed by atoms with van der Waals surface area (Å²) < 4.78 is 31.3. The van der Waals surface area contributed by atoms with E-state index in [1.54, 1.807) is 61.1 Å². The van der Waals surface area contributed by atoms with Gasteiger partial charge in [-0.25, -0.2) is 17.4 Å². The largest absolute Gasteiger partial charge is 0.350 e. The van der Waals surface area contributed by atoms with Crippen molar-refractivity contribution in [3.05, 3.63) is 113 Å². The van der Waals surface area contributed by atoms with Crippen LogP contribution in [0.3, 0.4) is 0 Å². The van der Waals surface area contributed by atoms with Gasteiger partial charge in [0.15, 0.2) is 0 Å². The van der Waals surface area contributed by atoms with Crippen molar-refractivity contribution in [1.82, 2.24) is 14.7 Å². The summed E-state index contributed by atoms with van der Waals surface area (Å²) in [7, 11) is -2.54. The number of para-hydroxylation sites is 1. The molecule has 0 aliphatic carbocycles. The van der Waals surface area contributed by atoms with Crippen molar-refractivity contribution < 1.29 is 13.2 Å². The SMILES string of the molecule is Cc1c(N(CC(=O)NCc2ccccc2)S(=O)(=O)c2ccccc2)c(=O)n(-c2ccccc2)n1C. The molecule has 0 radical (unpaired) electrons. The van der Waals surface area contributed by atoms with Crippen molar-refractivity contribution in [2.75, 3.05) is 10.8 Å². The number of carbonyl (C=O) groups excluding carboxylic acids is 1. The second-order valence-corrected chi connectivity index (χ2v) is 9.86. The van der Waals surface area contributed by atoms with Crippen LogP contribution < -0.4 is 15.2 Å². The quantitative estimate of drug-likeness (QED) is 0.411. The van der Waals surface area contributed by atoms with Gasteiger partial charge in [0.1, 0.15) is 12.2 Å². The first-order chi connectivity index (χ1) is 16.8. The molecule has 0 aliphatic heterocycles. The van der Waals surface area contributed by atoms with Gasteiger partial charge >= 0.3 is 0 Å². The molecule has 0 unspecified atom stereocenters. The molecule has 180 valence electrons. The number of carbonyl (C=O) groups is 1. The molecule has 4 rings (SSSR count). The van der Waals surface area contributed by atoms with Crippen LogP contribution in [0.15, 0.2) is 101 Å². The normalized spacial score (nSPS) is 11.3. The molecule has 8 nitrogen and oxygen atoms in total. The summed E-state index contributed by atoms with van der Waals surface area (Å²) in [6.07, 6.45) is 0. The second-order valence-electron chi connectivity index (χ2n) is 8.00. The van der Waals surface area contributed by atoms with E-state index in [9.17, 15) is 18.0 Å². The van der Waals surface area contributed by atoms with Crippen LogP contribution in [-0.4, -0.2) is 30.2 Å². The summed E-state index contributed by atoms with van der Waals surface area (Å²) in [5.41, 5.74) is 1.26. The number of rotatable bonds is 8. The number of aromatic nitrogens is 2. The molecule has 0 spiro atoms. The average molecular weight is 491 g/mol. The highest BCUT2D eigenvalue weighted by Crippen LogP contribution is 2.25. The molecule has 9 heteroatoms. The molecule has 1 heterocycles. The summed E-state index contributed by atoms with van der Waals surface area (Å²) >= 11 is 0. The first kappa shape index (κ1) is 24.0. The van der Waals surface area contributed by atoms with Gasteiger partial charge in [-0.15, -0.1) is 0 Å². The molecule has 0 atom stereocenters. The van der Waals surface area contributed by atoms with Crippen molar-refractivity contribution in [3.63, 3.8) is 0 Å². The van der Waals surface area contributed by atoms with E-state index in [4.69, 9.17) is 0 Å². The topological polar surface area (TPSA) is 93.4 Å². The fourth-order valence-corrected chi connectivity index (χ4v) is 5.32. The van der Waals surface area contributed by atoms with E-state index in [1.165, 1.54) is 16.8 Å². The third-order valence-electron chi connectivity index (χ3n) is 5.72. The van der Waals surface area contributed by atoms with Gasteiger partial charge in [0.2, 0.25) is 5.91 Å². The summed E-state index contributed by atoms with van der Waals surface area (Å²) in [6, 6.07) is 26.0. The third-order valence-corrected chi connectivity index (χ3v) is 7.48. The number of sulfonamides is 1. The molecular formula is C26H26N4O4S. The van der Waals surface area contributed by atoms with Gasteiger partial charge in [-0.2, -0.15) is 0 Å². The monoisotopic (exact) mass is 490 g/mol. The summed E-state index contributed by atoms with van der Waals surface area (Å²) in [6.45, 7) is 1.35. The van der Waals surface area contributed by atoms with E-state index in [-0.39, 0.29) is 17.1 Å². The first-order valence-electron chi connectivity index (χ1n) is 11.0. The number of nitrogens with zero attached hydrogens (tertiary/aromatic N) is 3. The lowest BCUT2D eigenvalue weighted by Gasteiger charge is -2.23. The minimum atomic E-state index is -4.22. The molecule has 0 fully saturated rings. The molecule has 3 aromatic carbocycles. The van der Waals surface area contributed by atoms with Crippen molar-refractivity contribution in [2.24, 2.45) is 7.05 Å². The van der Waals surface area contributed by atoms with Crippen molar-refractivity contribution in [2.45, 2.75) is 18.4 Å². The second kappa shape index (κ2) is 10.0. The molecule has 4 aromatic rings. The fourth-order valence-electron chi connectivity index (χ4n) is 3.83. The Kier molecular flexibility index (Phi) is 6.88. The number of hydrogen-bond donors (Lipinski definition) is 1. The number of nitrogens with one attached hydrogen (secondary N) is 1. The Morgan fingerprint density at radius 3 is 2.03 bits per heavy atom. The smallest absolute Gasteiger partial charge is 0.296 e. The van der Waals surface area contributed by atoms with Crippen LogP contribution in [0.1, 0.15) is 11.3 Å². The maximum Gasteiger partial charge on any atom is 0.296 e. The lowest BCUT2D eigenvalue weighted by Crippen LogP contribution is -2.42. The van der Waals surface area contributed by atoms with E-state index in [0.29, 0.717) is 11.4 Å². The number of amides is 1. The Morgan fingerprint density at radius 1 is 0.886 bits per heavy atom. The van der Waals surface area contributed by atoms with Gasteiger partial charge in [-0.05, 0) is 36.8 Å². The molecule has 35 heavy (non-hydrogen) atoms. The minimum Gasteiger partial charge on any atom is -0.350 e. The van der Waals surface area contributed by atoms with Gasteiger partial charge in [0.25, 0.3) is 15.6 Å². The Balaban J connectivity index is 1.77. The van der Waals surface area contributed by atoms with Crippen LogP contribution in [0.4, 0.5) is 5.69 Å². The van der Waals surface area contributed by atoms with Crippen LogP contribution in [0, 0.1) is 6.92 Å². The molecule has 1 aromatic heterocycles. The minimum absolute atomic E-state index is 0.00947.